The number of nitrogens with zero attached hydrogens (tertiary/aromatic N) is 3. The first-order chi connectivity index (χ1) is 16.0. The van der Waals surface area contributed by atoms with Crippen molar-refractivity contribution in [2.45, 2.75) is 44.7 Å². The first-order valence-corrected chi connectivity index (χ1v) is 12.2. The van der Waals surface area contributed by atoms with Crippen LogP contribution in [0.25, 0.3) is 0 Å². The fraction of sp³-hybridized carbons (Fsp3) is 0.542. The smallest absolute Gasteiger partial charge is 0.318 e. The van der Waals surface area contributed by atoms with Gasteiger partial charge in [0.05, 0.1) is 28.3 Å². The van der Waals surface area contributed by atoms with E-state index in [1.807, 2.05) is 17.2 Å². The number of carbonyl (C=O) groups excluding carboxylic acids is 1. The molecule has 1 saturated heterocycles. The predicted octanol–water partition coefficient (Wildman–Crippen LogP) is 4.60. The molecule has 1 aromatic carbocycles. The summed E-state index contributed by atoms with van der Waals surface area (Å²) in [4.78, 5) is 24.4. The number of aromatic nitrogens is 2. The molecule has 0 bridgehead atoms. The molecule has 0 spiro atoms. The summed E-state index contributed by atoms with van der Waals surface area (Å²) in [6.45, 7) is 3.23. The van der Waals surface area contributed by atoms with Crippen molar-refractivity contribution in [3.63, 3.8) is 0 Å². The van der Waals surface area contributed by atoms with Gasteiger partial charge in [-0.25, -0.2) is 14.8 Å². The van der Waals surface area contributed by atoms with E-state index in [1.165, 1.54) is 0 Å². The summed E-state index contributed by atoms with van der Waals surface area (Å²) in [5.41, 5.74) is 2.96. The second-order valence-electron chi connectivity index (χ2n) is 8.65. The lowest BCUT2D eigenvalue weighted by Crippen LogP contribution is -2.44. The Morgan fingerprint density at radius 1 is 1.30 bits per heavy atom. The lowest BCUT2D eigenvalue weighted by Gasteiger charge is -2.30. The first kappa shape index (κ1) is 24.2. The monoisotopic (exact) mass is 492 g/mol. The third-order valence-corrected chi connectivity index (χ3v) is 7.09. The standard InChI is InChI=1S/C24H30Cl2N4O3/c1-32-9-7-21(17-2-3-19(25)20(26)13-17)29-24(31)30-8-4-18-14-27-23(28-22(18)15-30)12-16-5-10-33-11-6-16/h2-3,13-14,16,21H,4-12,15H2,1H3,(H,29,31). The molecule has 3 heterocycles. The lowest BCUT2D eigenvalue weighted by atomic mass is 9.96. The molecule has 1 atom stereocenters. The van der Waals surface area contributed by atoms with Crippen LogP contribution < -0.4 is 5.32 Å². The number of halogens is 2. The van der Waals surface area contributed by atoms with Crippen molar-refractivity contribution in [2.75, 3.05) is 33.5 Å². The maximum Gasteiger partial charge on any atom is 0.318 e. The molecule has 0 radical (unpaired) electrons. The Kier molecular flexibility index (Phi) is 8.41. The minimum absolute atomic E-state index is 0.127. The maximum atomic E-state index is 13.2. The molecule has 1 N–H and O–H groups in total. The van der Waals surface area contributed by atoms with Crippen LogP contribution in [0.1, 0.15) is 47.9 Å². The highest BCUT2D eigenvalue weighted by atomic mass is 35.5. The van der Waals surface area contributed by atoms with Gasteiger partial charge in [0, 0.05) is 46.1 Å². The van der Waals surface area contributed by atoms with Crippen LogP contribution >= 0.6 is 23.2 Å². The topological polar surface area (TPSA) is 76.6 Å². The minimum atomic E-state index is -0.233. The van der Waals surface area contributed by atoms with Gasteiger partial charge >= 0.3 is 6.03 Å². The van der Waals surface area contributed by atoms with Crippen LogP contribution in [0.2, 0.25) is 10.0 Å². The Balaban J connectivity index is 1.42. The van der Waals surface area contributed by atoms with Crippen LogP contribution in [0.5, 0.6) is 0 Å². The molecule has 0 aliphatic carbocycles. The highest BCUT2D eigenvalue weighted by Crippen LogP contribution is 2.28. The average Bonchev–Trinajstić information content (AvgIpc) is 2.83. The van der Waals surface area contributed by atoms with Crippen LogP contribution in [0.15, 0.2) is 24.4 Å². The lowest BCUT2D eigenvalue weighted by molar-refractivity contribution is 0.0659. The Morgan fingerprint density at radius 3 is 2.88 bits per heavy atom. The van der Waals surface area contributed by atoms with Crippen molar-refractivity contribution >= 4 is 29.2 Å². The SMILES string of the molecule is COCCC(NC(=O)N1CCc2cnc(CC3CCOCC3)nc2C1)c1ccc(Cl)c(Cl)c1. The Labute approximate surface area is 204 Å². The Bertz CT molecular complexity index is 969. The van der Waals surface area contributed by atoms with Gasteiger partial charge in [-0.3, -0.25) is 0 Å². The number of carbonyl (C=O) groups is 1. The van der Waals surface area contributed by atoms with Gasteiger partial charge in [-0.2, -0.15) is 0 Å². The summed E-state index contributed by atoms with van der Waals surface area (Å²) in [5.74, 6) is 1.42. The number of rotatable bonds is 7. The van der Waals surface area contributed by atoms with E-state index in [1.54, 1.807) is 19.2 Å². The largest absolute Gasteiger partial charge is 0.385 e. The molecule has 1 unspecified atom stereocenters. The van der Waals surface area contributed by atoms with Gasteiger partial charge in [0.25, 0.3) is 0 Å². The van der Waals surface area contributed by atoms with Crippen molar-refractivity contribution in [3.05, 3.63) is 57.1 Å². The van der Waals surface area contributed by atoms with Gasteiger partial charge in [-0.05, 0) is 54.9 Å². The van der Waals surface area contributed by atoms with Crippen LogP contribution in [0.3, 0.4) is 0 Å². The van der Waals surface area contributed by atoms with Crippen molar-refractivity contribution in [1.29, 1.82) is 0 Å². The fourth-order valence-electron chi connectivity index (χ4n) is 4.35. The molecule has 1 aromatic heterocycles. The molecular weight excluding hydrogens is 463 g/mol. The van der Waals surface area contributed by atoms with Crippen LogP contribution in [-0.4, -0.2) is 54.4 Å². The second kappa shape index (κ2) is 11.5. The average molecular weight is 493 g/mol. The summed E-state index contributed by atoms with van der Waals surface area (Å²) >= 11 is 12.3. The van der Waals surface area contributed by atoms with E-state index in [2.05, 4.69) is 10.3 Å². The molecule has 33 heavy (non-hydrogen) atoms. The normalized spacial score (nSPS) is 17.5. The van der Waals surface area contributed by atoms with E-state index in [9.17, 15) is 4.79 Å². The summed E-state index contributed by atoms with van der Waals surface area (Å²) < 4.78 is 10.7. The number of nitrogens with one attached hydrogen (secondary N) is 1. The minimum Gasteiger partial charge on any atom is -0.385 e. The Hall–Kier alpha value is -1.93. The van der Waals surface area contributed by atoms with E-state index in [4.69, 9.17) is 37.7 Å². The molecule has 9 heteroatoms. The van der Waals surface area contributed by atoms with E-state index in [0.717, 1.165) is 61.5 Å². The van der Waals surface area contributed by atoms with Gasteiger partial charge < -0.3 is 19.7 Å². The third kappa shape index (κ3) is 6.35. The second-order valence-corrected chi connectivity index (χ2v) is 9.46. The molecule has 2 aliphatic rings. The van der Waals surface area contributed by atoms with Gasteiger partial charge in [-0.15, -0.1) is 0 Å². The van der Waals surface area contributed by atoms with Gasteiger partial charge in [0.2, 0.25) is 0 Å². The van der Waals surface area contributed by atoms with Crippen LogP contribution in [0, 0.1) is 5.92 Å². The van der Waals surface area contributed by atoms with Crippen molar-refractivity contribution < 1.29 is 14.3 Å². The van der Waals surface area contributed by atoms with Crippen LogP contribution in [0.4, 0.5) is 4.79 Å². The highest BCUT2D eigenvalue weighted by Gasteiger charge is 2.26. The molecule has 7 nitrogen and oxygen atoms in total. The molecule has 2 amide bonds. The molecular formula is C24H30Cl2N4O3. The molecule has 0 saturated carbocycles. The number of hydrogen-bond acceptors (Lipinski definition) is 5. The quantitative estimate of drug-likeness (QED) is 0.610. The van der Waals surface area contributed by atoms with E-state index < -0.39 is 0 Å². The zero-order valence-electron chi connectivity index (χ0n) is 18.9. The zero-order valence-corrected chi connectivity index (χ0v) is 20.4. The molecule has 4 rings (SSSR count). The van der Waals surface area contributed by atoms with E-state index in [-0.39, 0.29) is 12.1 Å². The summed E-state index contributed by atoms with van der Waals surface area (Å²) in [7, 11) is 1.65. The zero-order chi connectivity index (χ0) is 23.2. The highest BCUT2D eigenvalue weighted by molar-refractivity contribution is 6.42. The van der Waals surface area contributed by atoms with Crippen molar-refractivity contribution in [2.24, 2.45) is 5.92 Å². The Morgan fingerprint density at radius 2 is 2.12 bits per heavy atom. The summed E-state index contributed by atoms with van der Waals surface area (Å²) in [6, 6.07) is 5.07. The number of hydrogen-bond donors (Lipinski definition) is 1. The van der Waals surface area contributed by atoms with Gasteiger partial charge in [0.1, 0.15) is 5.82 Å². The molecule has 1 fully saturated rings. The number of amides is 2. The van der Waals surface area contributed by atoms with Crippen molar-refractivity contribution in [1.82, 2.24) is 20.2 Å². The van der Waals surface area contributed by atoms with Gasteiger partial charge in [0.15, 0.2) is 0 Å². The number of fused-ring (bicyclic) bond motifs is 1. The molecule has 178 valence electrons. The molecule has 2 aromatic rings. The van der Waals surface area contributed by atoms with E-state index >= 15 is 0 Å². The number of methoxy groups -OCH3 is 1. The van der Waals surface area contributed by atoms with E-state index in [0.29, 0.717) is 42.1 Å². The first-order valence-electron chi connectivity index (χ1n) is 11.4. The van der Waals surface area contributed by atoms with Gasteiger partial charge in [-0.1, -0.05) is 29.3 Å². The van der Waals surface area contributed by atoms with Crippen LogP contribution in [-0.2, 0) is 28.9 Å². The molecule has 2 aliphatic heterocycles. The number of ether oxygens (including phenoxy) is 2. The number of benzene rings is 1. The fourth-order valence-corrected chi connectivity index (χ4v) is 4.66. The van der Waals surface area contributed by atoms with Crippen molar-refractivity contribution in [3.8, 4) is 0 Å². The maximum absolute atomic E-state index is 13.2. The third-order valence-electron chi connectivity index (χ3n) is 6.35. The summed E-state index contributed by atoms with van der Waals surface area (Å²) in [5, 5.41) is 4.10. The summed E-state index contributed by atoms with van der Waals surface area (Å²) in [6.07, 6.45) is 6.26. The predicted molar refractivity (Wildman–Crippen MR) is 128 cm³/mol. The number of urea groups is 1.